The van der Waals surface area contributed by atoms with Crippen molar-refractivity contribution < 1.29 is 0 Å². The number of unbranched alkanes of at least 4 members (excludes halogenated alkanes) is 7. The molecule has 1 heterocycles. The second kappa shape index (κ2) is 7.56. The van der Waals surface area contributed by atoms with E-state index >= 15 is 0 Å². The van der Waals surface area contributed by atoms with Crippen LogP contribution in [-0.4, -0.2) is 5.66 Å². The number of hydrogen-bond donors (Lipinski definition) is 2. The van der Waals surface area contributed by atoms with Gasteiger partial charge >= 0.3 is 0 Å². The number of fused-ring (bicyclic) bond motifs is 1. The zero-order chi connectivity index (χ0) is 14.3. The second-order valence-corrected chi connectivity index (χ2v) is 6.35. The molecule has 0 radical (unpaired) electrons. The lowest BCUT2D eigenvalue weighted by Crippen LogP contribution is -2.38. The molecule has 2 rings (SSSR count). The molecule has 2 N–H and O–H groups in total. The largest absolute Gasteiger partial charge is 0.361 e. The van der Waals surface area contributed by atoms with Crippen LogP contribution in [0.3, 0.4) is 0 Å². The van der Waals surface area contributed by atoms with E-state index in [-0.39, 0.29) is 5.66 Å². The predicted octanol–water partition coefficient (Wildman–Crippen LogP) is 5.77. The van der Waals surface area contributed by atoms with Crippen molar-refractivity contribution in [3.05, 3.63) is 24.3 Å². The van der Waals surface area contributed by atoms with Gasteiger partial charge in [0.15, 0.2) is 0 Å². The maximum Gasteiger partial charge on any atom is 0.105 e. The van der Waals surface area contributed by atoms with Gasteiger partial charge < -0.3 is 10.6 Å². The highest BCUT2D eigenvalue weighted by Gasteiger charge is 2.29. The summed E-state index contributed by atoms with van der Waals surface area (Å²) in [4.78, 5) is 0. The first-order chi connectivity index (χ1) is 9.73. The molecule has 0 aromatic heterocycles. The lowest BCUT2D eigenvalue weighted by molar-refractivity contribution is 0.489. The summed E-state index contributed by atoms with van der Waals surface area (Å²) in [5, 5.41) is 7.24. The van der Waals surface area contributed by atoms with Crippen molar-refractivity contribution in [2.24, 2.45) is 0 Å². The first kappa shape index (κ1) is 15.2. The number of nitrogens with one attached hydrogen (secondary N) is 2. The van der Waals surface area contributed by atoms with E-state index in [1.165, 1.54) is 69.2 Å². The molecule has 20 heavy (non-hydrogen) atoms. The van der Waals surface area contributed by atoms with Crippen molar-refractivity contribution in [1.82, 2.24) is 0 Å². The van der Waals surface area contributed by atoms with Crippen molar-refractivity contribution >= 4 is 11.4 Å². The molecule has 2 nitrogen and oxygen atoms in total. The Morgan fingerprint density at radius 1 is 0.800 bits per heavy atom. The third-order valence-electron chi connectivity index (χ3n) is 4.28. The van der Waals surface area contributed by atoms with Gasteiger partial charge in [0.2, 0.25) is 0 Å². The van der Waals surface area contributed by atoms with E-state index in [1.807, 2.05) is 0 Å². The van der Waals surface area contributed by atoms with Crippen molar-refractivity contribution in [3.8, 4) is 0 Å². The third kappa shape index (κ3) is 4.43. The van der Waals surface area contributed by atoms with Crippen LogP contribution in [0.2, 0.25) is 0 Å². The van der Waals surface area contributed by atoms with Crippen molar-refractivity contribution in [2.45, 2.75) is 77.3 Å². The highest BCUT2D eigenvalue weighted by molar-refractivity contribution is 5.75. The van der Waals surface area contributed by atoms with Crippen LogP contribution in [0.15, 0.2) is 24.3 Å². The molecule has 1 aromatic rings. The van der Waals surface area contributed by atoms with Gasteiger partial charge in [0.1, 0.15) is 5.66 Å². The highest BCUT2D eigenvalue weighted by atomic mass is 15.2. The van der Waals surface area contributed by atoms with Gasteiger partial charge in [-0.1, -0.05) is 64.0 Å². The average molecular weight is 274 g/mol. The minimum Gasteiger partial charge on any atom is -0.361 e. The molecule has 0 aliphatic carbocycles. The first-order valence-corrected chi connectivity index (χ1v) is 8.39. The Kier molecular flexibility index (Phi) is 5.75. The van der Waals surface area contributed by atoms with Crippen molar-refractivity contribution in [1.29, 1.82) is 0 Å². The number of benzene rings is 1. The lowest BCUT2D eigenvalue weighted by Gasteiger charge is -2.26. The molecule has 1 aliphatic heterocycles. The Balaban J connectivity index is 1.59. The summed E-state index contributed by atoms with van der Waals surface area (Å²) >= 11 is 0. The number of anilines is 2. The molecule has 0 fully saturated rings. The molecular weight excluding hydrogens is 244 g/mol. The van der Waals surface area contributed by atoms with Crippen LogP contribution in [0.1, 0.15) is 71.6 Å². The minimum atomic E-state index is 0.0475. The van der Waals surface area contributed by atoms with E-state index < -0.39 is 0 Å². The topological polar surface area (TPSA) is 24.1 Å². The summed E-state index contributed by atoms with van der Waals surface area (Å²) in [6, 6.07) is 8.49. The Morgan fingerprint density at radius 2 is 1.30 bits per heavy atom. The van der Waals surface area contributed by atoms with Crippen LogP contribution in [0.5, 0.6) is 0 Å². The van der Waals surface area contributed by atoms with Crippen LogP contribution in [0.4, 0.5) is 11.4 Å². The summed E-state index contributed by atoms with van der Waals surface area (Å²) in [6.45, 7) is 4.55. The fourth-order valence-corrected chi connectivity index (χ4v) is 3.06. The van der Waals surface area contributed by atoms with Crippen LogP contribution >= 0.6 is 0 Å². The molecular formula is C18H30N2. The van der Waals surface area contributed by atoms with Crippen LogP contribution in [-0.2, 0) is 0 Å². The summed E-state index contributed by atoms with van der Waals surface area (Å²) in [5.74, 6) is 0. The third-order valence-corrected chi connectivity index (χ3v) is 4.28. The molecule has 0 unspecified atom stereocenters. The monoisotopic (exact) mass is 274 g/mol. The van der Waals surface area contributed by atoms with Gasteiger partial charge in [0.25, 0.3) is 0 Å². The lowest BCUT2D eigenvalue weighted by atomic mass is 10.0. The normalized spacial score (nSPS) is 15.5. The van der Waals surface area contributed by atoms with Gasteiger partial charge in [-0.15, -0.1) is 0 Å². The van der Waals surface area contributed by atoms with Gasteiger partial charge in [0, 0.05) is 0 Å². The molecule has 1 aliphatic rings. The van der Waals surface area contributed by atoms with E-state index in [9.17, 15) is 0 Å². The second-order valence-electron chi connectivity index (χ2n) is 6.35. The van der Waals surface area contributed by atoms with Crippen LogP contribution in [0, 0.1) is 0 Å². The summed E-state index contributed by atoms with van der Waals surface area (Å²) in [7, 11) is 0. The Hall–Kier alpha value is -1.18. The standard InChI is InChI=1S/C18H30N2/c1-3-4-5-6-7-8-9-12-15-18(2)19-16-13-10-11-14-17(16)20-18/h10-11,13-14,19-20H,3-9,12,15H2,1-2H3. The van der Waals surface area contributed by atoms with Crippen molar-refractivity contribution in [3.63, 3.8) is 0 Å². The minimum absolute atomic E-state index is 0.0475. The first-order valence-electron chi connectivity index (χ1n) is 8.39. The number of hydrogen-bond acceptors (Lipinski definition) is 2. The molecule has 0 amide bonds. The van der Waals surface area contributed by atoms with Crippen LogP contribution in [0.25, 0.3) is 0 Å². The SMILES string of the molecule is CCCCCCCCCCC1(C)Nc2ccccc2N1. The Bertz CT molecular complexity index is 375. The van der Waals surface area contributed by atoms with E-state index in [2.05, 4.69) is 48.7 Å². The fourth-order valence-electron chi connectivity index (χ4n) is 3.06. The van der Waals surface area contributed by atoms with E-state index in [0.29, 0.717) is 0 Å². The Labute approximate surface area is 124 Å². The fraction of sp³-hybridized carbons (Fsp3) is 0.667. The average Bonchev–Trinajstić information content (AvgIpc) is 2.78. The number of para-hydroxylation sites is 2. The molecule has 112 valence electrons. The molecule has 1 aromatic carbocycles. The highest BCUT2D eigenvalue weighted by Crippen LogP contribution is 2.35. The quantitative estimate of drug-likeness (QED) is 0.558. The van der Waals surface area contributed by atoms with Gasteiger partial charge in [-0.05, 0) is 31.9 Å². The molecule has 0 saturated carbocycles. The van der Waals surface area contributed by atoms with Gasteiger partial charge in [-0.3, -0.25) is 0 Å². The maximum atomic E-state index is 3.62. The van der Waals surface area contributed by atoms with E-state index in [0.717, 1.165) is 0 Å². The van der Waals surface area contributed by atoms with Crippen LogP contribution < -0.4 is 10.6 Å². The van der Waals surface area contributed by atoms with Gasteiger partial charge in [-0.25, -0.2) is 0 Å². The van der Waals surface area contributed by atoms with Gasteiger partial charge in [-0.2, -0.15) is 0 Å². The molecule has 0 saturated heterocycles. The van der Waals surface area contributed by atoms with E-state index in [4.69, 9.17) is 0 Å². The zero-order valence-electron chi connectivity index (χ0n) is 13.2. The Morgan fingerprint density at radius 3 is 1.85 bits per heavy atom. The predicted molar refractivity (Wildman–Crippen MR) is 89.3 cm³/mol. The van der Waals surface area contributed by atoms with Crippen molar-refractivity contribution in [2.75, 3.05) is 10.6 Å². The smallest absolute Gasteiger partial charge is 0.105 e. The van der Waals surface area contributed by atoms with E-state index in [1.54, 1.807) is 0 Å². The molecule has 0 bridgehead atoms. The zero-order valence-corrected chi connectivity index (χ0v) is 13.2. The molecule has 0 spiro atoms. The maximum absolute atomic E-state index is 3.62. The molecule has 0 atom stereocenters. The summed E-state index contributed by atoms with van der Waals surface area (Å²) in [5.41, 5.74) is 2.54. The summed E-state index contributed by atoms with van der Waals surface area (Å²) in [6.07, 6.45) is 12.3. The summed E-state index contributed by atoms with van der Waals surface area (Å²) < 4.78 is 0. The molecule has 2 heteroatoms. The van der Waals surface area contributed by atoms with Gasteiger partial charge in [0.05, 0.1) is 11.4 Å². The number of rotatable bonds is 9.